The molecule has 5 nitrogen and oxygen atoms in total. The number of methoxy groups -OCH3 is 1. The SMILES string of the molecule is C#Cc1ccccc1S(=O)(=O)NC(=O)c1cccc(OC)c1. The number of hydrogen-bond donors (Lipinski definition) is 1. The summed E-state index contributed by atoms with van der Waals surface area (Å²) in [5, 5.41) is 0. The zero-order chi connectivity index (χ0) is 16.2. The molecule has 0 bridgehead atoms. The maximum Gasteiger partial charge on any atom is 0.265 e. The fourth-order valence-corrected chi connectivity index (χ4v) is 2.97. The van der Waals surface area contributed by atoms with Gasteiger partial charge in [0.05, 0.1) is 7.11 Å². The van der Waals surface area contributed by atoms with Gasteiger partial charge in [-0.1, -0.05) is 24.1 Å². The molecule has 0 saturated heterocycles. The first-order valence-corrected chi connectivity index (χ1v) is 7.73. The quantitative estimate of drug-likeness (QED) is 0.873. The number of nitrogens with one attached hydrogen (secondary N) is 1. The zero-order valence-electron chi connectivity index (χ0n) is 11.7. The second-order valence-electron chi connectivity index (χ2n) is 4.31. The Morgan fingerprint density at radius 2 is 1.91 bits per heavy atom. The van der Waals surface area contributed by atoms with Crippen LogP contribution in [0.5, 0.6) is 5.75 Å². The van der Waals surface area contributed by atoms with Crippen LogP contribution in [0.4, 0.5) is 0 Å². The summed E-state index contributed by atoms with van der Waals surface area (Å²) in [5.41, 5.74) is 0.356. The van der Waals surface area contributed by atoms with E-state index in [4.69, 9.17) is 11.2 Å². The van der Waals surface area contributed by atoms with Crippen LogP contribution in [0.25, 0.3) is 0 Å². The first-order chi connectivity index (χ1) is 10.5. The predicted molar refractivity (Wildman–Crippen MR) is 82.0 cm³/mol. The van der Waals surface area contributed by atoms with Crippen LogP contribution in [-0.4, -0.2) is 21.4 Å². The number of carbonyl (C=O) groups excluding carboxylic acids is 1. The van der Waals surface area contributed by atoms with Gasteiger partial charge in [0.25, 0.3) is 15.9 Å². The molecule has 112 valence electrons. The molecule has 0 aromatic heterocycles. The lowest BCUT2D eigenvalue weighted by atomic mass is 10.2. The molecule has 6 heteroatoms. The van der Waals surface area contributed by atoms with Crippen molar-refractivity contribution in [2.24, 2.45) is 0 Å². The average molecular weight is 315 g/mol. The third-order valence-electron chi connectivity index (χ3n) is 2.89. The number of rotatable bonds is 4. The molecule has 0 saturated carbocycles. The highest BCUT2D eigenvalue weighted by atomic mass is 32.2. The lowest BCUT2D eigenvalue weighted by Crippen LogP contribution is -2.31. The normalized spacial score (nSPS) is 10.5. The molecule has 1 amide bonds. The fraction of sp³-hybridized carbons (Fsp3) is 0.0625. The van der Waals surface area contributed by atoms with E-state index in [-0.39, 0.29) is 16.0 Å². The monoisotopic (exact) mass is 315 g/mol. The number of terminal acetylenes is 1. The van der Waals surface area contributed by atoms with E-state index < -0.39 is 15.9 Å². The molecule has 0 unspecified atom stereocenters. The number of benzene rings is 2. The van der Waals surface area contributed by atoms with E-state index in [0.29, 0.717) is 5.75 Å². The van der Waals surface area contributed by atoms with Crippen molar-refractivity contribution in [3.63, 3.8) is 0 Å². The van der Waals surface area contributed by atoms with Crippen LogP contribution in [0.15, 0.2) is 53.4 Å². The molecule has 1 N–H and O–H groups in total. The van der Waals surface area contributed by atoms with Crippen molar-refractivity contribution in [2.75, 3.05) is 7.11 Å². The Morgan fingerprint density at radius 1 is 1.18 bits per heavy atom. The first-order valence-electron chi connectivity index (χ1n) is 6.25. The lowest BCUT2D eigenvalue weighted by molar-refractivity contribution is 0.0981. The summed E-state index contributed by atoms with van der Waals surface area (Å²) in [5.74, 6) is 1.98. The summed E-state index contributed by atoms with van der Waals surface area (Å²) >= 11 is 0. The van der Waals surface area contributed by atoms with Gasteiger partial charge in [0.2, 0.25) is 0 Å². The van der Waals surface area contributed by atoms with E-state index in [1.165, 1.54) is 37.4 Å². The van der Waals surface area contributed by atoms with Gasteiger partial charge in [0.1, 0.15) is 10.6 Å². The Labute approximate surface area is 129 Å². The van der Waals surface area contributed by atoms with Gasteiger partial charge in [-0.25, -0.2) is 13.1 Å². The molecule has 0 spiro atoms. The minimum absolute atomic E-state index is 0.117. The summed E-state index contributed by atoms with van der Waals surface area (Å²) in [4.78, 5) is 12.0. The van der Waals surface area contributed by atoms with Gasteiger partial charge in [-0.05, 0) is 30.3 Å². The Bertz CT molecular complexity index is 850. The average Bonchev–Trinajstić information content (AvgIpc) is 2.54. The van der Waals surface area contributed by atoms with Crippen molar-refractivity contribution >= 4 is 15.9 Å². The molecule has 0 radical (unpaired) electrons. The van der Waals surface area contributed by atoms with Crippen LogP contribution in [-0.2, 0) is 10.0 Å². The van der Waals surface area contributed by atoms with E-state index >= 15 is 0 Å². The number of sulfonamides is 1. The van der Waals surface area contributed by atoms with Crippen LogP contribution in [0, 0.1) is 12.3 Å². The summed E-state index contributed by atoms with van der Waals surface area (Å²) in [6, 6.07) is 12.2. The Morgan fingerprint density at radius 3 is 2.59 bits per heavy atom. The molecular weight excluding hydrogens is 302 g/mol. The minimum Gasteiger partial charge on any atom is -0.497 e. The van der Waals surface area contributed by atoms with Gasteiger partial charge in [-0.15, -0.1) is 6.42 Å². The van der Waals surface area contributed by atoms with Crippen LogP contribution >= 0.6 is 0 Å². The molecule has 0 aliphatic carbocycles. The van der Waals surface area contributed by atoms with E-state index in [1.807, 2.05) is 4.72 Å². The summed E-state index contributed by atoms with van der Waals surface area (Å²) in [6.45, 7) is 0. The Balaban J connectivity index is 2.32. The topological polar surface area (TPSA) is 72.5 Å². The maximum atomic E-state index is 12.3. The molecular formula is C16H13NO4S. The molecule has 0 fully saturated rings. The largest absolute Gasteiger partial charge is 0.497 e. The predicted octanol–water partition coefficient (Wildman–Crippen LogP) is 1.80. The van der Waals surface area contributed by atoms with Gasteiger partial charge >= 0.3 is 0 Å². The van der Waals surface area contributed by atoms with Crippen molar-refractivity contribution in [2.45, 2.75) is 4.90 Å². The van der Waals surface area contributed by atoms with E-state index in [1.54, 1.807) is 18.2 Å². The van der Waals surface area contributed by atoms with Crippen LogP contribution < -0.4 is 9.46 Å². The summed E-state index contributed by atoms with van der Waals surface area (Å²) in [7, 11) is -2.60. The Kier molecular flexibility index (Phi) is 4.49. The van der Waals surface area contributed by atoms with Gasteiger partial charge in [0.15, 0.2) is 0 Å². The molecule has 2 rings (SSSR count). The van der Waals surface area contributed by atoms with Crippen molar-refractivity contribution in [1.29, 1.82) is 0 Å². The van der Waals surface area contributed by atoms with Gasteiger partial charge in [-0.2, -0.15) is 0 Å². The van der Waals surface area contributed by atoms with Gasteiger partial charge < -0.3 is 4.74 Å². The standard InChI is InChI=1S/C16H13NO4S/c1-3-12-7-4-5-10-15(12)22(19,20)17-16(18)13-8-6-9-14(11-13)21-2/h1,4-11H,2H3,(H,17,18). The number of hydrogen-bond acceptors (Lipinski definition) is 4. The van der Waals surface area contributed by atoms with Gasteiger partial charge in [-0.3, -0.25) is 4.79 Å². The summed E-state index contributed by atoms with van der Waals surface area (Å²) in [6.07, 6.45) is 5.28. The molecule has 22 heavy (non-hydrogen) atoms. The number of amides is 1. The second kappa shape index (κ2) is 6.33. The molecule has 2 aromatic carbocycles. The first kappa shape index (κ1) is 15.6. The highest BCUT2D eigenvalue weighted by molar-refractivity contribution is 7.90. The summed E-state index contributed by atoms with van der Waals surface area (Å²) < 4.78 is 31.6. The molecule has 0 aliphatic heterocycles. The van der Waals surface area contributed by atoms with Crippen LogP contribution in [0.1, 0.15) is 15.9 Å². The minimum atomic E-state index is -4.05. The highest BCUT2D eigenvalue weighted by Gasteiger charge is 2.21. The second-order valence-corrected chi connectivity index (χ2v) is 5.96. The maximum absolute atomic E-state index is 12.3. The lowest BCUT2D eigenvalue weighted by Gasteiger charge is -2.09. The van der Waals surface area contributed by atoms with Crippen molar-refractivity contribution in [3.05, 3.63) is 59.7 Å². The van der Waals surface area contributed by atoms with Crippen molar-refractivity contribution < 1.29 is 17.9 Å². The van der Waals surface area contributed by atoms with Gasteiger partial charge in [0, 0.05) is 11.1 Å². The van der Waals surface area contributed by atoms with E-state index in [0.717, 1.165) is 0 Å². The number of ether oxygens (including phenoxy) is 1. The van der Waals surface area contributed by atoms with E-state index in [9.17, 15) is 13.2 Å². The Hall–Kier alpha value is -2.78. The zero-order valence-corrected chi connectivity index (χ0v) is 12.6. The molecule has 2 aromatic rings. The fourth-order valence-electron chi connectivity index (χ4n) is 1.82. The van der Waals surface area contributed by atoms with Crippen LogP contribution in [0.3, 0.4) is 0 Å². The number of carbonyl (C=O) groups is 1. The molecule has 0 heterocycles. The van der Waals surface area contributed by atoms with Crippen molar-refractivity contribution in [1.82, 2.24) is 4.72 Å². The van der Waals surface area contributed by atoms with Crippen LogP contribution in [0.2, 0.25) is 0 Å². The van der Waals surface area contributed by atoms with E-state index in [2.05, 4.69) is 5.92 Å². The third-order valence-corrected chi connectivity index (χ3v) is 4.28. The van der Waals surface area contributed by atoms with Crippen molar-refractivity contribution in [3.8, 4) is 18.1 Å². The molecule has 0 aliphatic rings. The molecule has 0 atom stereocenters. The smallest absolute Gasteiger partial charge is 0.265 e. The highest BCUT2D eigenvalue weighted by Crippen LogP contribution is 2.16. The third kappa shape index (κ3) is 3.27.